The van der Waals surface area contributed by atoms with Crippen molar-refractivity contribution in [1.29, 1.82) is 0 Å². The van der Waals surface area contributed by atoms with E-state index in [1.54, 1.807) is 23.6 Å². The highest BCUT2D eigenvalue weighted by Crippen LogP contribution is 2.27. The second-order valence-electron chi connectivity index (χ2n) is 2.76. The van der Waals surface area contributed by atoms with E-state index in [0.717, 1.165) is 5.69 Å². The van der Waals surface area contributed by atoms with E-state index >= 15 is 0 Å². The third kappa shape index (κ3) is 2.98. The first kappa shape index (κ1) is 11.0. The first-order valence-corrected chi connectivity index (χ1v) is 5.99. The first-order chi connectivity index (χ1) is 7.13. The molecule has 2 nitrogen and oxygen atoms in total. The average molecular weight is 280 g/mol. The monoisotopic (exact) mass is 278 g/mol. The van der Waals surface area contributed by atoms with Crippen LogP contribution in [0.1, 0.15) is 0 Å². The van der Waals surface area contributed by atoms with Crippen LogP contribution >= 0.6 is 46.1 Å². The lowest BCUT2D eigenvalue weighted by Gasteiger charge is -2.03. The Morgan fingerprint density at radius 3 is 2.27 bits per heavy atom. The smallest absolute Gasteiger partial charge is 0.188 e. The van der Waals surface area contributed by atoms with Crippen LogP contribution in [0.5, 0.6) is 0 Å². The number of nitrogens with one attached hydrogen (secondary N) is 1. The van der Waals surface area contributed by atoms with Crippen molar-refractivity contribution in [2.24, 2.45) is 0 Å². The molecule has 1 heterocycles. The van der Waals surface area contributed by atoms with E-state index in [2.05, 4.69) is 10.3 Å². The molecule has 0 spiro atoms. The lowest BCUT2D eigenvalue weighted by molar-refractivity contribution is 1.39. The molecule has 0 aliphatic rings. The molecule has 0 aliphatic carbocycles. The number of anilines is 2. The van der Waals surface area contributed by atoms with Gasteiger partial charge in [-0.25, -0.2) is 4.98 Å². The van der Waals surface area contributed by atoms with Crippen molar-refractivity contribution in [3.8, 4) is 0 Å². The molecule has 0 fully saturated rings. The van der Waals surface area contributed by atoms with Gasteiger partial charge in [0, 0.05) is 21.1 Å². The van der Waals surface area contributed by atoms with Gasteiger partial charge in [0.2, 0.25) is 0 Å². The lowest BCUT2D eigenvalue weighted by Crippen LogP contribution is -1.88. The lowest BCUT2D eigenvalue weighted by atomic mass is 10.3. The summed E-state index contributed by atoms with van der Waals surface area (Å²) in [4.78, 5) is 4.05. The number of benzene rings is 1. The van der Waals surface area contributed by atoms with Gasteiger partial charge in [0.05, 0.1) is 0 Å². The molecule has 78 valence electrons. The Morgan fingerprint density at radius 2 is 1.73 bits per heavy atom. The maximum atomic E-state index is 5.85. The van der Waals surface area contributed by atoms with E-state index < -0.39 is 0 Å². The van der Waals surface area contributed by atoms with Crippen molar-refractivity contribution in [2.45, 2.75) is 0 Å². The fraction of sp³-hybridized carbons (Fsp3) is 0. The zero-order valence-electron chi connectivity index (χ0n) is 7.30. The zero-order valence-corrected chi connectivity index (χ0v) is 10.4. The van der Waals surface area contributed by atoms with E-state index in [-0.39, 0.29) is 0 Å². The summed E-state index contributed by atoms with van der Waals surface area (Å²) in [5.74, 6) is 0. The van der Waals surface area contributed by atoms with E-state index in [9.17, 15) is 0 Å². The van der Waals surface area contributed by atoms with Crippen LogP contribution in [-0.2, 0) is 0 Å². The maximum absolute atomic E-state index is 5.85. The van der Waals surface area contributed by atoms with Crippen LogP contribution in [0.2, 0.25) is 15.2 Å². The molecule has 0 aliphatic heterocycles. The number of hydrogen-bond donors (Lipinski definition) is 1. The number of rotatable bonds is 2. The van der Waals surface area contributed by atoms with Crippen molar-refractivity contribution in [1.82, 2.24) is 4.98 Å². The molecule has 1 aromatic carbocycles. The van der Waals surface area contributed by atoms with Gasteiger partial charge in [0.25, 0.3) is 0 Å². The van der Waals surface area contributed by atoms with Crippen molar-refractivity contribution in [2.75, 3.05) is 5.32 Å². The van der Waals surface area contributed by atoms with Gasteiger partial charge in [-0.2, -0.15) is 0 Å². The van der Waals surface area contributed by atoms with Crippen LogP contribution < -0.4 is 5.32 Å². The molecule has 2 rings (SSSR count). The quantitative estimate of drug-likeness (QED) is 0.850. The van der Waals surface area contributed by atoms with Gasteiger partial charge in [-0.05, 0) is 18.2 Å². The molecule has 0 saturated carbocycles. The molecular weight excluding hydrogens is 275 g/mol. The summed E-state index contributed by atoms with van der Waals surface area (Å²) in [5.41, 5.74) is 0.790. The summed E-state index contributed by atoms with van der Waals surface area (Å²) < 4.78 is 0. The first-order valence-electron chi connectivity index (χ1n) is 3.97. The summed E-state index contributed by atoms with van der Waals surface area (Å²) in [5, 5.41) is 7.13. The maximum Gasteiger partial charge on any atom is 0.188 e. The van der Waals surface area contributed by atoms with Gasteiger partial charge in [0.1, 0.15) is 5.15 Å². The Morgan fingerprint density at radius 1 is 1.07 bits per heavy atom. The Kier molecular flexibility index (Phi) is 3.36. The fourth-order valence-corrected chi connectivity index (χ4v) is 2.44. The predicted octanol–water partition coefficient (Wildman–Crippen LogP) is 4.85. The van der Waals surface area contributed by atoms with E-state index in [4.69, 9.17) is 34.8 Å². The second kappa shape index (κ2) is 4.58. The number of aromatic nitrogens is 1. The molecule has 0 saturated heterocycles. The summed E-state index contributed by atoms with van der Waals surface area (Å²) in [6, 6.07) is 5.20. The normalized spacial score (nSPS) is 10.3. The second-order valence-corrected chi connectivity index (χ2v) is 4.88. The third-order valence-electron chi connectivity index (χ3n) is 1.59. The Balaban J connectivity index is 2.24. The highest BCUT2D eigenvalue weighted by atomic mass is 35.5. The molecule has 6 heteroatoms. The SMILES string of the molecule is Clc1cc(Cl)cc(Nc2nc(Cl)cs2)c1. The van der Waals surface area contributed by atoms with Crippen molar-refractivity contribution in [3.05, 3.63) is 38.8 Å². The van der Waals surface area contributed by atoms with Crippen LogP contribution in [0.25, 0.3) is 0 Å². The van der Waals surface area contributed by atoms with E-state index in [1.165, 1.54) is 11.3 Å². The number of hydrogen-bond acceptors (Lipinski definition) is 3. The van der Waals surface area contributed by atoms with Gasteiger partial charge in [-0.3, -0.25) is 0 Å². The van der Waals surface area contributed by atoms with Crippen LogP contribution in [-0.4, -0.2) is 4.98 Å². The summed E-state index contributed by atoms with van der Waals surface area (Å²) in [6.45, 7) is 0. The standard InChI is InChI=1S/C9H5Cl3N2S/c10-5-1-6(11)3-7(2-5)13-9-14-8(12)4-15-9/h1-4H,(H,13,14). The van der Waals surface area contributed by atoms with E-state index in [0.29, 0.717) is 20.3 Å². The van der Waals surface area contributed by atoms with Gasteiger partial charge < -0.3 is 5.32 Å². The molecule has 15 heavy (non-hydrogen) atoms. The van der Waals surface area contributed by atoms with Gasteiger partial charge >= 0.3 is 0 Å². The molecule has 0 amide bonds. The number of thiazole rings is 1. The molecule has 2 aromatic rings. The Bertz CT molecular complexity index is 464. The average Bonchev–Trinajstić information content (AvgIpc) is 2.49. The highest BCUT2D eigenvalue weighted by molar-refractivity contribution is 7.14. The number of halogens is 3. The van der Waals surface area contributed by atoms with E-state index in [1.807, 2.05) is 0 Å². The third-order valence-corrected chi connectivity index (χ3v) is 3.11. The van der Waals surface area contributed by atoms with Crippen LogP contribution in [0, 0.1) is 0 Å². The topological polar surface area (TPSA) is 24.9 Å². The summed E-state index contributed by atoms with van der Waals surface area (Å²) in [6.07, 6.45) is 0. The largest absolute Gasteiger partial charge is 0.331 e. The minimum atomic E-state index is 0.468. The van der Waals surface area contributed by atoms with Crippen molar-refractivity contribution < 1.29 is 0 Å². The molecule has 1 N–H and O–H groups in total. The Hall–Kier alpha value is -0.480. The molecule has 0 radical (unpaired) electrons. The molecule has 0 unspecified atom stereocenters. The van der Waals surface area contributed by atoms with Gasteiger partial charge in [-0.15, -0.1) is 11.3 Å². The van der Waals surface area contributed by atoms with Gasteiger partial charge in [0.15, 0.2) is 5.13 Å². The highest BCUT2D eigenvalue weighted by Gasteiger charge is 2.02. The fourth-order valence-electron chi connectivity index (χ4n) is 1.06. The molecule has 0 bridgehead atoms. The van der Waals surface area contributed by atoms with Gasteiger partial charge in [-0.1, -0.05) is 34.8 Å². The van der Waals surface area contributed by atoms with Crippen molar-refractivity contribution >= 4 is 57.0 Å². The zero-order chi connectivity index (χ0) is 10.8. The number of nitrogens with zero attached hydrogens (tertiary/aromatic N) is 1. The van der Waals surface area contributed by atoms with Crippen LogP contribution in [0.15, 0.2) is 23.6 Å². The Labute approximate surface area is 106 Å². The minimum Gasteiger partial charge on any atom is -0.331 e. The van der Waals surface area contributed by atoms with Crippen LogP contribution in [0.3, 0.4) is 0 Å². The molecular formula is C9H5Cl3N2S. The molecule has 1 aromatic heterocycles. The van der Waals surface area contributed by atoms with Crippen molar-refractivity contribution in [3.63, 3.8) is 0 Å². The molecule has 0 atom stereocenters. The summed E-state index contributed by atoms with van der Waals surface area (Å²) in [7, 11) is 0. The predicted molar refractivity (Wildman–Crippen MR) is 66.9 cm³/mol. The summed E-state index contributed by atoms with van der Waals surface area (Å²) >= 11 is 18.8. The minimum absolute atomic E-state index is 0.468. The van der Waals surface area contributed by atoms with Crippen LogP contribution in [0.4, 0.5) is 10.8 Å².